The summed E-state index contributed by atoms with van der Waals surface area (Å²) in [5.41, 5.74) is 0. The Balaban J connectivity index is 5.77. The van der Waals surface area contributed by atoms with E-state index in [0.717, 1.165) is 14.2 Å². The van der Waals surface area contributed by atoms with E-state index >= 15 is 0 Å². The SMILES string of the molecule is COP(=O)(OC)C(Cl)(Cl)P(=O)([O-])OP(=O)(OC(C)C)OC(C)C. The second-order valence-electron chi connectivity index (χ2n) is 4.71. The molecule has 0 aliphatic heterocycles. The maximum atomic E-state index is 12.5. The number of hydrogen-bond acceptors (Lipinski definition) is 9. The first-order chi connectivity index (χ1) is 10.2. The summed E-state index contributed by atoms with van der Waals surface area (Å²) >= 11 is 11.3. The van der Waals surface area contributed by atoms with Crippen molar-refractivity contribution in [2.75, 3.05) is 14.2 Å². The molecule has 1 unspecified atom stereocenters. The smallest absolute Gasteiger partial charge is 0.480 e. The number of hydrogen-bond donors (Lipinski definition) is 0. The molecule has 23 heavy (non-hydrogen) atoms. The number of alkyl halides is 2. The van der Waals surface area contributed by atoms with Gasteiger partial charge in [-0.2, -0.15) is 0 Å². The number of rotatable bonds is 10. The van der Waals surface area contributed by atoms with Crippen LogP contribution in [-0.4, -0.2) is 30.2 Å². The highest BCUT2D eigenvalue weighted by Gasteiger charge is 2.59. The maximum Gasteiger partial charge on any atom is 0.480 e. The van der Waals surface area contributed by atoms with Crippen LogP contribution in [0.3, 0.4) is 0 Å². The van der Waals surface area contributed by atoms with Gasteiger partial charge in [0.1, 0.15) is 0 Å². The molecule has 0 aromatic rings. The lowest BCUT2D eigenvalue weighted by atomic mass is 10.5. The van der Waals surface area contributed by atoms with Gasteiger partial charge in [0.15, 0.2) is 7.60 Å². The normalized spacial score (nSPS) is 16.8. The van der Waals surface area contributed by atoms with Gasteiger partial charge in [0.2, 0.25) is 0 Å². The van der Waals surface area contributed by atoms with Crippen molar-refractivity contribution in [3.63, 3.8) is 0 Å². The van der Waals surface area contributed by atoms with Crippen LogP contribution in [0, 0.1) is 0 Å². The predicted molar refractivity (Wildman–Crippen MR) is 84.8 cm³/mol. The standard InChI is InChI=1S/C9H21Cl2O9P3/c1-7(2)18-23(15,19-8(3)4)20-21(12,13)9(10,11)22(14,16-5)17-6/h7-8H,1-6H3,(H,12,13)/p-1. The van der Waals surface area contributed by atoms with E-state index in [-0.39, 0.29) is 0 Å². The molecule has 0 heterocycles. The molecule has 0 amide bonds. The first-order valence-electron chi connectivity index (χ1n) is 6.25. The number of phosphoric ester groups is 1. The van der Waals surface area contributed by atoms with Gasteiger partial charge in [0, 0.05) is 14.2 Å². The van der Waals surface area contributed by atoms with Crippen LogP contribution in [0.1, 0.15) is 27.7 Å². The third-order valence-electron chi connectivity index (χ3n) is 2.03. The summed E-state index contributed by atoms with van der Waals surface area (Å²) < 4.78 is 57.0. The van der Waals surface area contributed by atoms with Crippen LogP contribution in [0.15, 0.2) is 0 Å². The summed E-state index contributed by atoms with van der Waals surface area (Å²) in [6.07, 6.45) is -1.42. The van der Waals surface area contributed by atoms with Gasteiger partial charge in [-0.05, 0) is 27.7 Å². The van der Waals surface area contributed by atoms with Gasteiger partial charge in [-0.15, -0.1) is 0 Å². The molecule has 0 aliphatic carbocycles. The van der Waals surface area contributed by atoms with Crippen molar-refractivity contribution in [2.24, 2.45) is 0 Å². The second-order valence-corrected chi connectivity index (χ2v) is 13.5. The van der Waals surface area contributed by atoms with E-state index in [1.807, 2.05) is 0 Å². The molecule has 0 bridgehead atoms. The fraction of sp³-hybridized carbons (Fsp3) is 1.00. The highest BCUT2D eigenvalue weighted by Crippen LogP contribution is 2.81. The highest BCUT2D eigenvalue weighted by molar-refractivity contribution is 7.81. The third-order valence-corrected chi connectivity index (χ3v) is 11.3. The largest absolute Gasteiger partial charge is 0.776 e. The average Bonchev–Trinajstić information content (AvgIpc) is 2.33. The Hall–Kier alpha value is 1.03. The van der Waals surface area contributed by atoms with Gasteiger partial charge < -0.3 is 18.5 Å². The van der Waals surface area contributed by atoms with E-state index < -0.39 is 39.0 Å². The molecule has 1 atom stereocenters. The molecular weight excluding hydrogens is 416 g/mol. The first kappa shape index (κ1) is 24.0. The minimum absolute atomic E-state index is 0.712. The molecule has 0 fully saturated rings. The molecule has 0 radical (unpaired) electrons. The van der Waals surface area contributed by atoms with E-state index in [2.05, 4.69) is 13.4 Å². The quantitative estimate of drug-likeness (QED) is 0.368. The van der Waals surface area contributed by atoms with E-state index in [9.17, 15) is 18.6 Å². The van der Waals surface area contributed by atoms with Crippen LogP contribution in [0.5, 0.6) is 0 Å². The minimum Gasteiger partial charge on any atom is -0.776 e. The molecule has 0 rings (SSSR count). The lowest BCUT2D eigenvalue weighted by Crippen LogP contribution is -2.25. The zero-order chi connectivity index (χ0) is 18.7. The Morgan fingerprint density at radius 2 is 1.26 bits per heavy atom. The minimum atomic E-state index is -5.53. The number of halogens is 2. The van der Waals surface area contributed by atoms with Crippen molar-refractivity contribution >= 4 is 46.2 Å². The molecule has 0 aromatic heterocycles. The van der Waals surface area contributed by atoms with Crippen LogP contribution in [0.25, 0.3) is 0 Å². The summed E-state index contributed by atoms with van der Waals surface area (Å²) in [7, 11) is -13.0. The average molecular weight is 436 g/mol. The molecule has 140 valence electrons. The van der Waals surface area contributed by atoms with Crippen molar-refractivity contribution in [3.8, 4) is 0 Å². The second kappa shape index (κ2) is 8.61. The van der Waals surface area contributed by atoms with Gasteiger partial charge in [-0.25, -0.2) is 8.88 Å². The summed E-state index contributed by atoms with van der Waals surface area (Å²) in [6, 6.07) is 0. The fourth-order valence-corrected chi connectivity index (χ4v) is 8.03. The Morgan fingerprint density at radius 3 is 1.52 bits per heavy atom. The first-order valence-corrected chi connectivity index (χ1v) is 11.6. The Morgan fingerprint density at radius 1 is 0.913 bits per heavy atom. The van der Waals surface area contributed by atoms with Crippen LogP contribution >= 0.6 is 46.2 Å². The Labute approximate surface area is 145 Å². The van der Waals surface area contributed by atoms with E-state index in [1.54, 1.807) is 0 Å². The van der Waals surface area contributed by atoms with Gasteiger partial charge in [-0.3, -0.25) is 13.6 Å². The van der Waals surface area contributed by atoms with Crippen molar-refractivity contribution in [1.29, 1.82) is 0 Å². The molecule has 9 nitrogen and oxygen atoms in total. The summed E-state index contributed by atoms with van der Waals surface area (Å²) in [5, 5.41) is 0. The topological polar surface area (TPSA) is 120 Å². The molecule has 14 heteroatoms. The van der Waals surface area contributed by atoms with Crippen LogP contribution in [0.2, 0.25) is 0 Å². The van der Waals surface area contributed by atoms with Crippen LogP contribution in [0.4, 0.5) is 0 Å². The molecule has 0 N–H and O–H groups in total. The van der Waals surface area contributed by atoms with Crippen molar-refractivity contribution in [2.45, 2.75) is 43.7 Å². The third kappa shape index (κ3) is 6.05. The lowest BCUT2D eigenvalue weighted by Gasteiger charge is -2.38. The van der Waals surface area contributed by atoms with Crippen LogP contribution < -0.4 is 4.89 Å². The van der Waals surface area contributed by atoms with E-state index in [1.165, 1.54) is 27.7 Å². The highest BCUT2D eigenvalue weighted by atomic mass is 35.5. The fourth-order valence-electron chi connectivity index (χ4n) is 1.20. The van der Waals surface area contributed by atoms with E-state index in [4.69, 9.17) is 32.2 Å². The van der Waals surface area contributed by atoms with E-state index in [0.29, 0.717) is 0 Å². The molecule has 0 spiro atoms. The maximum absolute atomic E-state index is 12.5. The Kier molecular flexibility index (Phi) is 9.00. The lowest BCUT2D eigenvalue weighted by molar-refractivity contribution is -0.193. The molecule has 0 aliphatic rings. The van der Waals surface area contributed by atoms with Crippen molar-refractivity contribution < 1.29 is 41.0 Å². The zero-order valence-electron chi connectivity index (χ0n) is 13.4. The van der Waals surface area contributed by atoms with Crippen LogP contribution in [-0.2, 0) is 36.1 Å². The summed E-state index contributed by atoms with van der Waals surface area (Å²) in [4.78, 5) is 12.3. The van der Waals surface area contributed by atoms with Gasteiger partial charge in [0.05, 0.1) is 12.2 Å². The molecule has 0 aromatic carbocycles. The molecule has 0 saturated heterocycles. The predicted octanol–water partition coefficient (Wildman–Crippen LogP) is 4.09. The molecule has 0 saturated carbocycles. The monoisotopic (exact) mass is 435 g/mol. The van der Waals surface area contributed by atoms with Gasteiger partial charge in [-0.1, -0.05) is 23.2 Å². The van der Waals surface area contributed by atoms with Crippen molar-refractivity contribution in [3.05, 3.63) is 0 Å². The number of phosphoric acid groups is 1. The van der Waals surface area contributed by atoms with Gasteiger partial charge >= 0.3 is 15.4 Å². The summed E-state index contributed by atoms with van der Waals surface area (Å²) in [5.74, 6) is 0. The zero-order valence-corrected chi connectivity index (χ0v) is 17.6. The Bertz CT molecular complexity index is 514. The molecular formula is C9H20Cl2O9P3-. The summed E-state index contributed by atoms with van der Waals surface area (Å²) in [6.45, 7) is 5.89. The van der Waals surface area contributed by atoms with Gasteiger partial charge in [0.25, 0.3) is 3.82 Å². The van der Waals surface area contributed by atoms with Crippen molar-refractivity contribution in [1.82, 2.24) is 0 Å².